The molecule has 30 heavy (non-hydrogen) atoms. The van der Waals surface area contributed by atoms with E-state index in [1.54, 1.807) is 27.7 Å². The zero-order valence-electron chi connectivity index (χ0n) is 16.3. The highest BCUT2D eigenvalue weighted by atomic mass is 19.1. The predicted molar refractivity (Wildman–Crippen MR) is 110 cm³/mol. The standard InChI is InChI=1S/C23H20FN5O/c24-20-8-2-1-7-19(20)23(30)28-12-4-6-18(14-28)22-26-21-10-9-17(15-29(21)27-22)16-5-3-11-25-13-16/h1-3,5,7-11,13,15,18H,4,6,12,14H2/t18-/m1/s1. The lowest BCUT2D eigenvalue weighted by Crippen LogP contribution is -2.39. The molecule has 150 valence electrons. The van der Waals surface area contributed by atoms with Crippen molar-refractivity contribution in [2.75, 3.05) is 13.1 Å². The molecule has 0 aliphatic carbocycles. The highest BCUT2D eigenvalue weighted by Crippen LogP contribution is 2.27. The Morgan fingerprint density at radius 3 is 2.80 bits per heavy atom. The molecule has 0 spiro atoms. The first kappa shape index (κ1) is 18.4. The molecule has 0 saturated carbocycles. The van der Waals surface area contributed by atoms with Gasteiger partial charge in [-0.15, -0.1) is 0 Å². The van der Waals surface area contributed by atoms with Gasteiger partial charge >= 0.3 is 0 Å². The van der Waals surface area contributed by atoms with E-state index in [9.17, 15) is 9.18 Å². The van der Waals surface area contributed by atoms with Crippen LogP contribution in [0, 0.1) is 5.82 Å². The Bertz CT molecular complexity index is 1210. The van der Waals surface area contributed by atoms with Gasteiger partial charge in [0.15, 0.2) is 11.5 Å². The first-order valence-electron chi connectivity index (χ1n) is 9.99. The predicted octanol–water partition coefficient (Wildman–Crippen LogP) is 3.95. The van der Waals surface area contributed by atoms with Gasteiger partial charge in [0.2, 0.25) is 0 Å². The summed E-state index contributed by atoms with van der Waals surface area (Å²) in [6.07, 6.45) is 7.22. The third-order valence-electron chi connectivity index (χ3n) is 5.52. The van der Waals surface area contributed by atoms with Gasteiger partial charge in [-0.05, 0) is 43.2 Å². The molecular weight excluding hydrogens is 381 g/mol. The van der Waals surface area contributed by atoms with E-state index in [-0.39, 0.29) is 17.4 Å². The fraction of sp³-hybridized carbons (Fsp3) is 0.217. The van der Waals surface area contributed by atoms with Gasteiger partial charge in [-0.3, -0.25) is 9.78 Å². The van der Waals surface area contributed by atoms with Crippen molar-refractivity contribution in [3.63, 3.8) is 0 Å². The van der Waals surface area contributed by atoms with Crippen LogP contribution in [-0.4, -0.2) is 43.5 Å². The van der Waals surface area contributed by atoms with E-state index in [4.69, 9.17) is 0 Å². The second-order valence-corrected chi connectivity index (χ2v) is 7.50. The van der Waals surface area contributed by atoms with Crippen LogP contribution in [0.1, 0.15) is 34.9 Å². The summed E-state index contributed by atoms with van der Waals surface area (Å²) in [4.78, 5) is 23.4. The topological polar surface area (TPSA) is 63.4 Å². The number of hydrogen-bond acceptors (Lipinski definition) is 4. The molecule has 3 aromatic heterocycles. The van der Waals surface area contributed by atoms with E-state index in [0.717, 1.165) is 29.6 Å². The summed E-state index contributed by atoms with van der Waals surface area (Å²) >= 11 is 0. The van der Waals surface area contributed by atoms with Crippen LogP contribution in [-0.2, 0) is 0 Å². The van der Waals surface area contributed by atoms with E-state index in [1.807, 2.05) is 36.7 Å². The molecular formula is C23H20FN5O. The normalized spacial score (nSPS) is 16.7. The minimum atomic E-state index is -0.488. The van der Waals surface area contributed by atoms with Crippen LogP contribution in [0.5, 0.6) is 0 Å². The molecule has 1 fully saturated rings. The summed E-state index contributed by atoms with van der Waals surface area (Å²) in [7, 11) is 0. The van der Waals surface area contributed by atoms with E-state index >= 15 is 0 Å². The van der Waals surface area contributed by atoms with Gasteiger partial charge in [0.05, 0.1) is 5.56 Å². The molecule has 4 heterocycles. The van der Waals surface area contributed by atoms with Crippen LogP contribution in [0.2, 0.25) is 0 Å². The van der Waals surface area contributed by atoms with Gasteiger partial charge in [-0.2, -0.15) is 5.10 Å². The fourth-order valence-corrected chi connectivity index (χ4v) is 3.95. The Morgan fingerprint density at radius 1 is 1.07 bits per heavy atom. The van der Waals surface area contributed by atoms with E-state index in [2.05, 4.69) is 15.1 Å². The van der Waals surface area contributed by atoms with Gasteiger partial charge in [0, 0.05) is 48.7 Å². The Hall–Kier alpha value is -3.61. The van der Waals surface area contributed by atoms with Crippen molar-refractivity contribution in [3.05, 3.63) is 84.3 Å². The lowest BCUT2D eigenvalue weighted by Gasteiger charge is -2.31. The Morgan fingerprint density at radius 2 is 1.97 bits per heavy atom. The number of amides is 1. The molecule has 1 saturated heterocycles. The smallest absolute Gasteiger partial charge is 0.256 e. The lowest BCUT2D eigenvalue weighted by molar-refractivity contribution is 0.0700. The number of carbonyl (C=O) groups is 1. The van der Waals surface area contributed by atoms with Crippen LogP contribution in [0.25, 0.3) is 16.8 Å². The van der Waals surface area contributed by atoms with Crippen LogP contribution >= 0.6 is 0 Å². The quantitative estimate of drug-likeness (QED) is 0.521. The number of pyridine rings is 2. The average Bonchev–Trinajstić information content (AvgIpc) is 3.23. The van der Waals surface area contributed by atoms with E-state index in [1.165, 1.54) is 12.1 Å². The van der Waals surface area contributed by atoms with Crippen molar-refractivity contribution in [2.24, 2.45) is 0 Å². The van der Waals surface area contributed by atoms with Gasteiger partial charge in [0.1, 0.15) is 5.82 Å². The Balaban J connectivity index is 1.40. The Kier molecular flexibility index (Phi) is 4.71. The van der Waals surface area contributed by atoms with Gasteiger partial charge in [-0.1, -0.05) is 18.2 Å². The number of halogens is 1. The summed E-state index contributed by atoms with van der Waals surface area (Å²) in [5.41, 5.74) is 2.89. The lowest BCUT2D eigenvalue weighted by atomic mass is 9.96. The summed E-state index contributed by atoms with van der Waals surface area (Å²) in [6.45, 7) is 1.10. The second kappa shape index (κ2) is 7.67. The summed E-state index contributed by atoms with van der Waals surface area (Å²) in [5.74, 6) is -0.0283. The number of hydrogen-bond donors (Lipinski definition) is 0. The number of aromatic nitrogens is 4. The molecule has 1 amide bonds. The minimum absolute atomic E-state index is 0.0243. The monoisotopic (exact) mass is 401 g/mol. The maximum absolute atomic E-state index is 14.1. The fourth-order valence-electron chi connectivity index (χ4n) is 3.95. The van der Waals surface area contributed by atoms with Crippen molar-refractivity contribution in [2.45, 2.75) is 18.8 Å². The SMILES string of the molecule is O=C(c1ccccc1F)N1CCC[C@@H](c2nc3ccc(-c4cccnc4)cn3n2)C1. The van der Waals surface area contributed by atoms with E-state index in [0.29, 0.717) is 18.9 Å². The number of piperidine rings is 1. The molecule has 6 nitrogen and oxygen atoms in total. The van der Waals surface area contributed by atoms with Crippen molar-refractivity contribution in [1.29, 1.82) is 0 Å². The Labute approximate surface area is 173 Å². The molecule has 0 radical (unpaired) electrons. The summed E-state index contributed by atoms with van der Waals surface area (Å²) in [6, 6.07) is 14.0. The zero-order chi connectivity index (χ0) is 20.5. The highest BCUT2D eigenvalue weighted by Gasteiger charge is 2.29. The molecule has 5 rings (SSSR count). The molecule has 4 aromatic rings. The van der Waals surface area contributed by atoms with Crippen LogP contribution in [0.3, 0.4) is 0 Å². The highest BCUT2D eigenvalue weighted by molar-refractivity contribution is 5.94. The first-order chi connectivity index (χ1) is 14.7. The molecule has 1 aromatic carbocycles. The first-order valence-corrected chi connectivity index (χ1v) is 9.99. The van der Waals surface area contributed by atoms with Crippen LogP contribution in [0.4, 0.5) is 4.39 Å². The van der Waals surface area contributed by atoms with Crippen LogP contribution in [0.15, 0.2) is 67.1 Å². The molecule has 0 N–H and O–H groups in total. The maximum Gasteiger partial charge on any atom is 0.256 e. The number of benzene rings is 1. The maximum atomic E-state index is 14.1. The number of carbonyl (C=O) groups excluding carboxylic acids is 1. The molecule has 7 heteroatoms. The molecule has 0 bridgehead atoms. The van der Waals surface area contributed by atoms with Crippen molar-refractivity contribution in [1.82, 2.24) is 24.5 Å². The molecule has 1 aliphatic heterocycles. The van der Waals surface area contributed by atoms with Gasteiger partial charge in [0.25, 0.3) is 5.91 Å². The number of likely N-dealkylation sites (tertiary alicyclic amines) is 1. The minimum Gasteiger partial charge on any atom is -0.338 e. The third-order valence-corrected chi connectivity index (χ3v) is 5.52. The van der Waals surface area contributed by atoms with E-state index < -0.39 is 5.82 Å². The van der Waals surface area contributed by atoms with Gasteiger partial charge < -0.3 is 4.90 Å². The number of nitrogens with zero attached hydrogens (tertiary/aromatic N) is 5. The van der Waals surface area contributed by atoms with Gasteiger partial charge in [-0.25, -0.2) is 13.9 Å². The van der Waals surface area contributed by atoms with Crippen molar-refractivity contribution < 1.29 is 9.18 Å². The molecule has 1 aliphatic rings. The molecule has 1 atom stereocenters. The zero-order valence-corrected chi connectivity index (χ0v) is 16.3. The second-order valence-electron chi connectivity index (χ2n) is 7.50. The summed E-state index contributed by atoms with van der Waals surface area (Å²) < 4.78 is 15.8. The number of rotatable bonds is 3. The molecule has 0 unspecified atom stereocenters. The van der Waals surface area contributed by atoms with Crippen LogP contribution < -0.4 is 0 Å². The largest absolute Gasteiger partial charge is 0.338 e. The van der Waals surface area contributed by atoms with Crippen molar-refractivity contribution >= 4 is 11.6 Å². The van der Waals surface area contributed by atoms with Crippen molar-refractivity contribution in [3.8, 4) is 11.1 Å². The summed E-state index contributed by atoms with van der Waals surface area (Å²) in [5, 5.41) is 4.68. The third kappa shape index (κ3) is 3.43. The number of fused-ring (bicyclic) bond motifs is 1. The average molecular weight is 401 g/mol.